The predicted octanol–water partition coefficient (Wildman–Crippen LogP) is 4.00. The maximum atomic E-state index is 14.0. The Hall–Kier alpha value is -4.24. The minimum atomic E-state index is -0.700. The topological polar surface area (TPSA) is 91.0 Å². The van der Waals surface area contributed by atoms with Crippen molar-refractivity contribution in [3.8, 4) is 5.75 Å². The van der Waals surface area contributed by atoms with Crippen LogP contribution in [0.5, 0.6) is 5.75 Å². The highest BCUT2D eigenvalue weighted by molar-refractivity contribution is 6.12. The second-order valence-corrected chi connectivity index (χ2v) is 9.35. The number of nitrogens with one attached hydrogen (secondary N) is 2. The van der Waals surface area contributed by atoms with Crippen LogP contribution in [0, 0.1) is 5.82 Å². The lowest BCUT2D eigenvalue weighted by atomic mass is 9.99. The van der Waals surface area contributed by atoms with E-state index in [0.717, 1.165) is 19.5 Å². The molecule has 1 fully saturated rings. The first kappa shape index (κ1) is 25.4. The van der Waals surface area contributed by atoms with Crippen molar-refractivity contribution in [1.82, 2.24) is 10.2 Å². The molecule has 3 aromatic rings. The number of halogens is 1. The number of carbonyl (C=O) groups excluding carboxylic acids is 3. The van der Waals surface area contributed by atoms with Crippen LogP contribution in [0.3, 0.4) is 0 Å². The lowest BCUT2D eigenvalue weighted by Crippen LogP contribution is -2.35. The molecule has 0 radical (unpaired) electrons. The van der Waals surface area contributed by atoms with Gasteiger partial charge < -0.3 is 20.3 Å². The number of ether oxygens (including phenoxy) is 1. The highest BCUT2D eigenvalue weighted by atomic mass is 19.1. The fourth-order valence-corrected chi connectivity index (χ4v) is 4.94. The number of carbonyl (C=O) groups is 3. The summed E-state index contributed by atoms with van der Waals surface area (Å²) in [5, 5.41) is 6.17. The second kappa shape index (κ2) is 11.0. The van der Waals surface area contributed by atoms with Crippen molar-refractivity contribution < 1.29 is 23.5 Å². The van der Waals surface area contributed by atoms with Gasteiger partial charge in [0.1, 0.15) is 11.6 Å². The monoisotopic (exact) mass is 516 g/mol. The van der Waals surface area contributed by atoms with Crippen molar-refractivity contribution in [2.75, 3.05) is 43.5 Å². The van der Waals surface area contributed by atoms with E-state index in [1.807, 2.05) is 0 Å². The number of anilines is 2. The minimum absolute atomic E-state index is 0.0445. The van der Waals surface area contributed by atoms with E-state index in [1.165, 1.54) is 19.2 Å². The molecule has 1 atom stereocenters. The van der Waals surface area contributed by atoms with Crippen molar-refractivity contribution >= 4 is 29.1 Å². The van der Waals surface area contributed by atoms with Gasteiger partial charge in [-0.1, -0.05) is 18.2 Å². The molecule has 0 spiro atoms. The summed E-state index contributed by atoms with van der Waals surface area (Å²) in [7, 11) is 1.52. The molecule has 0 saturated carbocycles. The quantitative estimate of drug-likeness (QED) is 0.547. The lowest BCUT2D eigenvalue weighted by Gasteiger charge is -2.31. The van der Waals surface area contributed by atoms with E-state index in [9.17, 15) is 18.8 Å². The van der Waals surface area contributed by atoms with Crippen LogP contribution in [0.25, 0.3) is 0 Å². The summed E-state index contributed by atoms with van der Waals surface area (Å²) in [4.78, 5) is 43.7. The molecule has 38 heavy (non-hydrogen) atoms. The van der Waals surface area contributed by atoms with E-state index in [4.69, 9.17) is 4.74 Å². The van der Waals surface area contributed by atoms with Crippen molar-refractivity contribution in [3.05, 3.63) is 89.2 Å². The van der Waals surface area contributed by atoms with Gasteiger partial charge in [0.05, 0.1) is 30.9 Å². The summed E-state index contributed by atoms with van der Waals surface area (Å²) < 4.78 is 19.1. The molecule has 1 unspecified atom stereocenters. The number of benzene rings is 3. The number of nitrogens with zero attached hydrogens (tertiary/aromatic N) is 2. The van der Waals surface area contributed by atoms with E-state index in [0.29, 0.717) is 46.9 Å². The number of amides is 3. The summed E-state index contributed by atoms with van der Waals surface area (Å²) >= 11 is 0. The molecule has 2 aliphatic heterocycles. The van der Waals surface area contributed by atoms with Crippen molar-refractivity contribution in [2.24, 2.45) is 0 Å². The number of methoxy groups -OCH3 is 1. The van der Waals surface area contributed by atoms with Crippen LogP contribution in [0.4, 0.5) is 15.8 Å². The summed E-state index contributed by atoms with van der Waals surface area (Å²) in [6, 6.07) is 16.9. The SMILES string of the molecule is COc1cccc(C(=O)N2c3ccc(C(=O)N4CCCNCC4)cc3NC(=O)CC2c2ccc(F)cc2)c1. The van der Waals surface area contributed by atoms with Gasteiger partial charge in [-0.3, -0.25) is 19.3 Å². The van der Waals surface area contributed by atoms with Gasteiger partial charge in [-0.2, -0.15) is 0 Å². The Morgan fingerprint density at radius 2 is 1.74 bits per heavy atom. The van der Waals surface area contributed by atoms with E-state index in [-0.39, 0.29) is 24.1 Å². The van der Waals surface area contributed by atoms with Crippen LogP contribution in [0.15, 0.2) is 66.7 Å². The number of fused-ring (bicyclic) bond motifs is 1. The molecule has 0 aromatic heterocycles. The Morgan fingerprint density at radius 1 is 0.947 bits per heavy atom. The van der Waals surface area contributed by atoms with Crippen LogP contribution >= 0.6 is 0 Å². The number of rotatable bonds is 4. The molecular formula is C29H29FN4O4. The first-order valence-electron chi connectivity index (χ1n) is 12.6. The summed E-state index contributed by atoms with van der Waals surface area (Å²) in [6.45, 7) is 2.81. The van der Waals surface area contributed by atoms with E-state index in [1.54, 1.807) is 64.4 Å². The first-order valence-corrected chi connectivity index (χ1v) is 12.6. The summed E-state index contributed by atoms with van der Waals surface area (Å²) in [5.41, 5.74) is 2.23. The molecule has 3 aromatic carbocycles. The van der Waals surface area contributed by atoms with Crippen molar-refractivity contribution in [2.45, 2.75) is 18.9 Å². The molecule has 2 heterocycles. The Balaban J connectivity index is 1.59. The fourth-order valence-electron chi connectivity index (χ4n) is 4.94. The average Bonchev–Trinajstić information content (AvgIpc) is 3.30. The van der Waals surface area contributed by atoms with Gasteiger partial charge in [0.25, 0.3) is 11.8 Å². The maximum Gasteiger partial charge on any atom is 0.259 e. The Morgan fingerprint density at radius 3 is 2.53 bits per heavy atom. The van der Waals surface area contributed by atoms with Gasteiger partial charge in [-0.15, -0.1) is 0 Å². The molecule has 0 aliphatic carbocycles. The van der Waals surface area contributed by atoms with E-state index < -0.39 is 11.9 Å². The van der Waals surface area contributed by atoms with Crippen LogP contribution < -0.4 is 20.3 Å². The standard InChI is InChI=1S/C29H29FN4O4/c1-38-23-5-2-4-20(16-23)29(37)34-25-11-8-21(28(36)33-14-3-12-31-13-15-33)17-24(25)32-27(35)18-26(34)19-6-9-22(30)10-7-19/h2,4-11,16-17,26,31H,3,12-15,18H2,1H3,(H,32,35). The van der Waals surface area contributed by atoms with Gasteiger partial charge in [0.15, 0.2) is 0 Å². The van der Waals surface area contributed by atoms with Crippen molar-refractivity contribution in [1.29, 1.82) is 0 Å². The minimum Gasteiger partial charge on any atom is -0.497 e. The van der Waals surface area contributed by atoms with Gasteiger partial charge >= 0.3 is 0 Å². The Bertz CT molecular complexity index is 1350. The molecule has 5 rings (SSSR count). The largest absolute Gasteiger partial charge is 0.497 e. The molecule has 3 amide bonds. The average molecular weight is 517 g/mol. The third kappa shape index (κ3) is 5.24. The molecule has 1 saturated heterocycles. The Labute approximate surface area is 220 Å². The molecule has 0 bridgehead atoms. The van der Waals surface area contributed by atoms with Crippen LogP contribution in [-0.2, 0) is 4.79 Å². The van der Waals surface area contributed by atoms with Crippen molar-refractivity contribution in [3.63, 3.8) is 0 Å². The smallest absolute Gasteiger partial charge is 0.259 e. The van der Waals surface area contributed by atoms with Gasteiger partial charge in [0, 0.05) is 30.8 Å². The third-order valence-corrected chi connectivity index (χ3v) is 6.89. The molecule has 196 valence electrons. The third-order valence-electron chi connectivity index (χ3n) is 6.89. The van der Waals surface area contributed by atoms with E-state index >= 15 is 0 Å². The fraction of sp³-hybridized carbons (Fsp3) is 0.276. The normalized spacial score (nSPS) is 17.6. The molecule has 8 nitrogen and oxygen atoms in total. The van der Waals surface area contributed by atoms with Gasteiger partial charge in [0.2, 0.25) is 5.91 Å². The lowest BCUT2D eigenvalue weighted by molar-refractivity contribution is -0.116. The maximum absolute atomic E-state index is 14.0. The number of hydrogen-bond donors (Lipinski definition) is 2. The van der Waals surface area contributed by atoms with Crippen LogP contribution in [0.1, 0.15) is 45.2 Å². The zero-order valence-electron chi connectivity index (χ0n) is 21.1. The second-order valence-electron chi connectivity index (χ2n) is 9.35. The highest BCUT2D eigenvalue weighted by Gasteiger charge is 2.35. The molecule has 2 aliphatic rings. The molecular weight excluding hydrogens is 487 g/mol. The zero-order valence-corrected chi connectivity index (χ0v) is 21.1. The van der Waals surface area contributed by atoms with Crippen LogP contribution in [-0.4, -0.2) is 55.9 Å². The highest BCUT2D eigenvalue weighted by Crippen LogP contribution is 2.40. The molecule has 9 heteroatoms. The van der Waals surface area contributed by atoms with Crippen LogP contribution in [0.2, 0.25) is 0 Å². The Kier molecular flexibility index (Phi) is 7.37. The predicted molar refractivity (Wildman–Crippen MR) is 142 cm³/mol. The summed E-state index contributed by atoms with van der Waals surface area (Å²) in [5.74, 6) is -0.689. The number of hydrogen-bond acceptors (Lipinski definition) is 5. The van der Waals surface area contributed by atoms with Gasteiger partial charge in [-0.05, 0) is 67.1 Å². The van der Waals surface area contributed by atoms with E-state index in [2.05, 4.69) is 10.6 Å². The zero-order chi connectivity index (χ0) is 26.6. The molecule has 2 N–H and O–H groups in total. The van der Waals surface area contributed by atoms with Gasteiger partial charge in [-0.25, -0.2) is 4.39 Å². The first-order chi connectivity index (χ1) is 18.4. The summed E-state index contributed by atoms with van der Waals surface area (Å²) in [6.07, 6.45) is 0.812.